The van der Waals surface area contributed by atoms with Crippen molar-refractivity contribution in [1.82, 2.24) is 4.98 Å². The van der Waals surface area contributed by atoms with Crippen molar-refractivity contribution in [3.8, 4) is 0 Å². The van der Waals surface area contributed by atoms with Crippen LogP contribution in [0.25, 0.3) is 0 Å². The van der Waals surface area contributed by atoms with Crippen LogP contribution in [0, 0.1) is 0 Å². The zero-order chi connectivity index (χ0) is 10.7. The highest BCUT2D eigenvalue weighted by molar-refractivity contribution is 5.13. The van der Waals surface area contributed by atoms with E-state index in [4.69, 9.17) is 5.73 Å². The van der Waals surface area contributed by atoms with Crippen molar-refractivity contribution in [2.75, 3.05) is 0 Å². The van der Waals surface area contributed by atoms with Crippen LogP contribution < -0.4 is 5.73 Å². The summed E-state index contributed by atoms with van der Waals surface area (Å²) in [6, 6.07) is 3.79. The van der Waals surface area contributed by atoms with E-state index in [-0.39, 0.29) is 6.04 Å². The summed E-state index contributed by atoms with van der Waals surface area (Å²) >= 11 is 0. The highest BCUT2D eigenvalue weighted by atomic mass is 19.1. The molecule has 1 saturated carbocycles. The molecule has 2 rings (SSSR count). The smallest absolute Gasteiger partial charge is 0.116 e. The van der Waals surface area contributed by atoms with Gasteiger partial charge in [0.1, 0.15) is 5.67 Å². The van der Waals surface area contributed by atoms with Gasteiger partial charge in [0.25, 0.3) is 0 Å². The number of aromatic nitrogens is 1. The molecule has 1 aliphatic rings. The molecule has 0 amide bonds. The normalized spacial score (nSPS) is 31.5. The molecule has 0 aromatic carbocycles. The molecule has 0 aliphatic heterocycles. The minimum atomic E-state index is -1.10. The molecule has 1 fully saturated rings. The summed E-state index contributed by atoms with van der Waals surface area (Å²) in [5, 5.41) is 0. The van der Waals surface area contributed by atoms with E-state index in [1.54, 1.807) is 12.4 Å². The lowest BCUT2D eigenvalue weighted by molar-refractivity contribution is 0.0965. The van der Waals surface area contributed by atoms with E-state index in [9.17, 15) is 4.39 Å². The first-order valence-electron chi connectivity index (χ1n) is 5.51. The summed E-state index contributed by atoms with van der Waals surface area (Å²) < 4.78 is 14.4. The van der Waals surface area contributed by atoms with Gasteiger partial charge in [0.05, 0.1) is 0 Å². The third kappa shape index (κ3) is 2.75. The Morgan fingerprint density at radius 1 is 1.47 bits per heavy atom. The van der Waals surface area contributed by atoms with Gasteiger partial charge in [0, 0.05) is 24.9 Å². The Kier molecular flexibility index (Phi) is 3.00. The van der Waals surface area contributed by atoms with E-state index >= 15 is 0 Å². The molecule has 2 unspecified atom stereocenters. The van der Waals surface area contributed by atoms with Crippen LogP contribution in [0.4, 0.5) is 4.39 Å². The minimum absolute atomic E-state index is 0.0330. The van der Waals surface area contributed by atoms with Gasteiger partial charge in [0.15, 0.2) is 0 Å². The number of pyridine rings is 1. The first kappa shape index (κ1) is 10.6. The fourth-order valence-corrected chi connectivity index (χ4v) is 2.38. The molecule has 15 heavy (non-hydrogen) atoms. The zero-order valence-corrected chi connectivity index (χ0v) is 8.82. The van der Waals surface area contributed by atoms with E-state index in [1.165, 1.54) is 0 Å². The van der Waals surface area contributed by atoms with Crippen molar-refractivity contribution in [3.05, 3.63) is 30.1 Å². The number of rotatable bonds is 2. The highest BCUT2D eigenvalue weighted by Gasteiger charge is 2.35. The summed E-state index contributed by atoms with van der Waals surface area (Å²) in [5.41, 5.74) is 5.73. The third-order valence-corrected chi connectivity index (χ3v) is 3.10. The van der Waals surface area contributed by atoms with Crippen molar-refractivity contribution in [3.63, 3.8) is 0 Å². The Hall–Kier alpha value is -0.960. The van der Waals surface area contributed by atoms with Gasteiger partial charge in [-0.15, -0.1) is 0 Å². The number of halogens is 1. The second-order valence-corrected chi connectivity index (χ2v) is 4.54. The van der Waals surface area contributed by atoms with Gasteiger partial charge < -0.3 is 5.73 Å². The number of hydrogen-bond acceptors (Lipinski definition) is 2. The molecule has 1 heterocycles. The summed E-state index contributed by atoms with van der Waals surface area (Å²) in [7, 11) is 0. The Labute approximate surface area is 89.7 Å². The summed E-state index contributed by atoms with van der Waals surface area (Å²) in [4.78, 5) is 3.93. The molecule has 0 saturated heterocycles. The van der Waals surface area contributed by atoms with Gasteiger partial charge in [-0.05, 0) is 43.4 Å². The second kappa shape index (κ2) is 4.27. The van der Waals surface area contributed by atoms with Crippen LogP contribution in [-0.2, 0) is 6.42 Å². The third-order valence-electron chi connectivity index (χ3n) is 3.10. The van der Waals surface area contributed by atoms with Crippen LogP contribution >= 0.6 is 0 Å². The molecule has 82 valence electrons. The second-order valence-electron chi connectivity index (χ2n) is 4.54. The van der Waals surface area contributed by atoms with Crippen LogP contribution in [0.2, 0.25) is 0 Å². The quantitative estimate of drug-likeness (QED) is 0.809. The maximum atomic E-state index is 14.4. The topological polar surface area (TPSA) is 38.9 Å². The Balaban J connectivity index is 2.04. The number of nitrogens with zero attached hydrogens (tertiary/aromatic N) is 1. The molecule has 1 aromatic rings. The van der Waals surface area contributed by atoms with Crippen molar-refractivity contribution in [1.29, 1.82) is 0 Å². The maximum absolute atomic E-state index is 14.4. The van der Waals surface area contributed by atoms with Crippen LogP contribution in [0.5, 0.6) is 0 Å². The molecule has 2 N–H and O–H groups in total. The van der Waals surface area contributed by atoms with Crippen molar-refractivity contribution >= 4 is 0 Å². The SMILES string of the molecule is NC1CCCC(F)(Cc2ccncc2)C1. The van der Waals surface area contributed by atoms with Crippen LogP contribution in [0.1, 0.15) is 31.2 Å². The summed E-state index contributed by atoms with van der Waals surface area (Å²) in [6.07, 6.45) is 6.90. The zero-order valence-electron chi connectivity index (χ0n) is 8.82. The van der Waals surface area contributed by atoms with Crippen LogP contribution in [0.15, 0.2) is 24.5 Å². The lowest BCUT2D eigenvalue weighted by Gasteiger charge is -2.33. The molecular formula is C12H17FN2. The highest BCUT2D eigenvalue weighted by Crippen LogP contribution is 2.34. The summed E-state index contributed by atoms with van der Waals surface area (Å²) in [5.74, 6) is 0. The molecule has 2 atom stereocenters. The minimum Gasteiger partial charge on any atom is -0.328 e. The van der Waals surface area contributed by atoms with E-state index < -0.39 is 5.67 Å². The van der Waals surface area contributed by atoms with Gasteiger partial charge in [-0.3, -0.25) is 4.98 Å². The standard InChI is InChI=1S/C12H17FN2/c13-12(5-1-2-11(14)9-12)8-10-3-6-15-7-4-10/h3-4,6-7,11H,1-2,5,8-9,14H2. The predicted molar refractivity (Wildman–Crippen MR) is 58.2 cm³/mol. The fraction of sp³-hybridized carbons (Fsp3) is 0.583. The maximum Gasteiger partial charge on any atom is 0.116 e. The molecule has 0 radical (unpaired) electrons. The van der Waals surface area contributed by atoms with E-state index in [0.29, 0.717) is 19.3 Å². The molecule has 2 nitrogen and oxygen atoms in total. The lowest BCUT2D eigenvalue weighted by Crippen LogP contribution is -2.39. The largest absolute Gasteiger partial charge is 0.328 e. The van der Waals surface area contributed by atoms with Crippen LogP contribution in [-0.4, -0.2) is 16.7 Å². The Morgan fingerprint density at radius 2 is 2.20 bits per heavy atom. The van der Waals surface area contributed by atoms with Gasteiger partial charge in [-0.25, -0.2) is 4.39 Å². The molecular weight excluding hydrogens is 191 g/mol. The lowest BCUT2D eigenvalue weighted by atomic mass is 9.80. The van der Waals surface area contributed by atoms with E-state index in [0.717, 1.165) is 18.4 Å². The first-order valence-corrected chi connectivity index (χ1v) is 5.51. The Bertz CT molecular complexity index is 315. The average Bonchev–Trinajstić information content (AvgIpc) is 2.18. The molecule has 1 aromatic heterocycles. The molecule has 1 aliphatic carbocycles. The monoisotopic (exact) mass is 208 g/mol. The first-order chi connectivity index (χ1) is 7.18. The molecule has 3 heteroatoms. The van der Waals surface area contributed by atoms with Gasteiger partial charge in [-0.2, -0.15) is 0 Å². The fourth-order valence-electron chi connectivity index (χ4n) is 2.38. The van der Waals surface area contributed by atoms with Crippen molar-refractivity contribution < 1.29 is 4.39 Å². The van der Waals surface area contributed by atoms with E-state index in [1.807, 2.05) is 12.1 Å². The predicted octanol–water partition coefficient (Wildman–Crippen LogP) is 2.23. The average molecular weight is 208 g/mol. The summed E-state index contributed by atoms with van der Waals surface area (Å²) in [6.45, 7) is 0. The Morgan fingerprint density at radius 3 is 2.87 bits per heavy atom. The van der Waals surface area contributed by atoms with Gasteiger partial charge in [0.2, 0.25) is 0 Å². The molecule has 0 bridgehead atoms. The number of hydrogen-bond donors (Lipinski definition) is 1. The van der Waals surface area contributed by atoms with Crippen molar-refractivity contribution in [2.45, 2.75) is 43.8 Å². The van der Waals surface area contributed by atoms with E-state index in [2.05, 4.69) is 4.98 Å². The van der Waals surface area contributed by atoms with Gasteiger partial charge in [-0.1, -0.05) is 0 Å². The van der Waals surface area contributed by atoms with Crippen molar-refractivity contribution in [2.24, 2.45) is 5.73 Å². The van der Waals surface area contributed by atoms with Crippen LogP contribution in [0.3, 0.4) is 0 Å². The van der Waals surface area contributed by atoms with Gasteiger partial charge >= 0.3 is 0 Å². The molecule has 0 spiro atoms. The number of nitrogens with two attached hydrogens (primary N) is 1. The number of alkyl halides is 1.